The molecule has 7 heterocycles. The molecular formula is C41H20N16. The summed E-state index contributed by atoms with van der Waals surface area (Å²) < 4.78 is 0. The lowest BCUT2D eigenvalue weighted by Gasteiger charge is -2.29. The van der Waals surface area contributed by atoms with Gasteiger partial charge in [0.05, 0.1) is 39.1 Å². The minimum Gasteiger partial charge on any atom is -0.279 e. The first-order chi connectivity index (χ1) is 27.9. The van der Waals surface area contributed by atoms with Crippen molar-refractivity contribution < 1.29 is 0 Å². The topological polar surface area (TPSA) is 243 Å². The number of nitrogens with zero attached hydrogens (tertiary/aromatic N) is 16. The minimum atomic E-state index is 0.219. The first-order valence-corrected chi connectivity index (χ1v) is 16.5. The molecule has 0 aromatic carbocycles. The molecule has 0 aliphatic carbocycles. The van der Waals surface area contributed by atoms with Gasteiger partial charge < -0.3 is 0 Å². The van der Waals surface area contributed by atoms with Crippen LogP contribution in [0.3, 0.4) is 0 Å². The zero-order valence-electron chi connectivity index (χ0n) is 29.2. The molecule has 264 valence electrons. The summed E-state index contributed by atoms with van der Waals surface area (Å²) in [5, 5.41) is 57.3. The third-order valence-corrected chi connectivity index (χ3v) is 8.14. The lowest BCUT2D eigenvalue weighted by molar-refractivity contribution is 1.04. The van der Waals surface area contributed by atoms with Crippen molar-refractivity contribution in [2.75, 3.05) is 14.7 Å². The Bertz CT molecular complexity index is 2330. The molecule has 0 saturated heterocycles. The van der Waals surface area contributed by atoms with E-state index in [0.29, 0.717) is 74.0 Å². The van der Waals surface area contributed by atoms with Gasteiger partial charge in [-0.05, 0) is 72.8 Å². The van der Waals surface area contributed by atoms with Crippen molar-refractivity contribution in [3.63, 3.8) is 0 Å². The fourth-order valence-corrected chi connectivity index (χ4v) is 5.44. The summed E-state index contributed by atoms with van der Waals surface area (Å²) in [6.45, 7) is 0. The summed E-state index contributed by atoms with van der Waals surface area (Å²) >= 11 is 0. The van der Waals surface area contributed by atoms with Gasteiger partial charge in [0.25, 0.3) is 0 Å². The van der Waals surface area contributed by atoms with Gasteiger partial charge in [-0.2, -0.15) is 31.6 Å². The molecule has 0 radical (unpaired) electrons. The van der Waals surface area contributed by atoms with Crippen molar-refractivity contribution in [2.24, 2.45) is 0 Å². The predicted octanol–water partition coefficient (Wildman–Crippen LogP) is 7.09. The first kappa shape index (κ1) is 35.8. The zero-order valence-corrected chi connectivity index (χ0v) is 29.2. The fraction of sp³-hybridized carbons (Fsp3) is 0. The zero-order chi connectivity index (χ0) is 39.7. The summed E-state index contributed by atoms with van der Waals surface area (Å²) in [5.41, 5.74) is 2.28. The molecule has 0 unspecified atom stereocenters. The molecule has 7 aromatic rings. The number of hydrogen-bond acceptors (Lipinski definition) is 16. The van der Waals surface area contributed by atoms with Gasteiger partial charge in [-0.1, -0.05) is 0 Å². The molecule has 0 fully saturated rings. The largest absolute Gasteiger partial charge is 0.279 e. The number of nitriles is 6. The Morgan fingerprint density at radius 1 is 0.298 bits per heavy atom. The molecule has 57 heavy (non-hydrogen) atoms. The SMILES string of the molecule is N#Cc1ccc(N(c2cc(N(c3ccc(C#N)cn3)c3ccc(C#N)cn3)nc(N(c3ccc(C#N)cn3)c3ccc(C#N)cn3)c2)c2ccc(C#N)cn2)nc1. The van der Waals surface area contributed by atoms with E-state index < -0.39 is 0 Å². The highest BCUT2D eigenvalue weighted by Crippen LogP contribution is 2.42. The van der Waals surface area contributed by atoms with Gasteiger partial charge in [0, 0.05) is 49.3 Å². The number of anilines is 9. The standard InChI is InChI=1S/C41H20N16/c42-15-27-1-7-34(48-21-27)55(35-8-2-28(16-43)22-49-35)33-13-40(56(36-9-3-29(17-44)23-50-36)37-10-4-30(18-45)24-51-37)54-41(14-33)57(38-11-5-31(19-46)25-52-38)39-12-6-32(20-47)26-53-39/h1-14,21-26H. The maximum atomic E-state index is 9.56. The van der Waals surface area contributed by atoms with Crippen molar-refractivity contribution in [1.82, 2.24) is 34.9 Å². The van der Waals surface area contributed by atoms with Crippen LogP contribution in [0.5, 0.6) is 0 Å². The van der Waals surface area contributed by atoms with E-state index in [-0.39, 0.29) is 11.6 Å². The Balaban J connectivity index is 1.56. The summed E-state index contributed by atoms with van der Waals surface area (Å²) in [5.74, 6) is 2.35. The summed E-state index contributed by atoms with van der Waals surface area (Å²) in [6.07, 6.45) is 8.43. The van der Waals surface area contributed by atoms with Gasteiger partial charge in [-0.15, -0.1) is 0 Å². The molecule has 16 nitrogen and oxygen atoms in total. The van der Waals surface area contributed by atoms with Crippen LogP contribution >= 0.6 is 0 Å². The van der Waals surface area contributed by atoms with Crippen LogP contribution in [0, 0.1) is 68.0 Å². The van der Waals surface area contributed by atoms with Gasteiger partial charge in [0.15, 0.2) is 0 Å². The molecule has 0 amide bonds. The van der Waals surface area contributed by atoms with E-state index >= 15 is 0 Å². The smallest absolute Gasteiger partial charge is 0.144 e. The molecule has 0 saturated carbocycles. The van der Waals surface area contributed by atoms with Gasteiger partial charge in [-0.25, -0.2) is 34.9 Å². The van der Waals surface area contributed by atoms with Crippen LogP contribution in [0.15, 0.2) is 122 Å². The van der Waals surface area contributed by atoms with Crippen LogP contribution < -0.4 is 14.7 Å². The van der Waals surface area contributed by atoms with Crippen LogP contribution in [0.2, 0.25) is 0 Å². The Kier molecular flexibility index (Phi) is 10.0. The molecule has 0 atom stereocenters. The van der Waals surface area contributed by atoms with E-state index in [9.17, 15) is 31.6 Å². The van der Waals surface area contributed by atoms with Gasteiger partial charge in [-0.3, -0.25) is 14.7 Å². The summed E-state index contributed by atoms with van der Waals surface area (Å²) in [6, 6.07) is 35.2. The van der Waals surface area contributed by atoms with E-state index in [1.165, 1.54) is 37.2 Å². The lowest BCUT2D eigenvalue weighted by atomic mass is 10.2. The highest BCUT2D eigenvalue weighted by atomic mass is 15.3. The molecule has 7 aromatic heterocycles. The normalized spacial score (nSPS) is 10.0. The van der Waals surface area contributed by atoms with Crippen molar-refractivity contribution in [3.05, 3.63) is 155 Å². The lowest BCUT2D eigenvalue weighted by Crippen LogP contribution is -2.20. The van der Waals surface area contributed by atoms with Crippen LogP contribution in [-0.2, 0) is 0 Å². The molecule has 7 rings (SSSR count). The molecule has 0 aliphatic rings. The quantitative estimate of drug-likeness (QED) is 0.143. The van der Waals surface area contributed by atoms with Crippen LogP contribution in [0.4, 0.5) is 52.2 Å². The maximum absolute atomic E-state index is 9.56. The van der Waals surface area contributed by atoms with E-state index in [0.717, 1.165) is 0 Å². The number of pyridine rings is 7. The summed E-state index contributed by atoms with van der Waals surface area (Å²) in [7, 11) is 0. The Labute approximate surface area is 324 Å². The average Bonchev–Trinajstić information content (AvgIpc) is 3.28. The minimum absolute atomic E-state index is 0.219. The van der Waals surface area contributed by atoms with Crippen molar-refractivity contribution in [3.8, 4) is 36.4 Å². The van der Waals surface area contributed by atoms with E-state index in [1.807, 2.05) is 0 Å². The van der Waals surface area contributed by atoms with Gasteiger partial charge in [0.1, 0.15) is 83.0 Å². The van der Waals surface area contributed by atoms with Crippen molar-refractivity contribution in [1.29, 1.82) is 31.6 Å². The third-order valence-electron chi connectivity index (χ3n) is 8.14. The van der Waals surface area contributed by atoms with Gasteiger partial charge >= 0.3 is 0 Å². The van der Waals surface area contributed by atoms with Crippen molar-refractivity contribution in [2.45, 2.75) is 0 Å². The Hall–Kier alpha value is -9.61. The molecule has 0 spiro atoms. The molecule has 0 aliphatic heterocycles. The van der Waals surface area contributed by atoms with E-state index in [4.69, 9.17) is 4.98 Å². The van der Waals surface area contributed by atoms with E-state index in [2.05, 4.69) is 66.3 Å². The highest BCUT2D eigenvalue weighted by molar-refractivity contribution is 5.83. The Morgan fingerprint density at radius 3 is 0.719 bits per heavy atom. The second-order valence-electron chi connectivity index (χ2n) is 11.6. The number of rotatable bonds is 9. The molecule has 0 bridgehead atoms. The summed E-state index contributed by atoms with van der Waals surface area (Å²) in [4.78, 5) is 37.4. The molecule has 16 heteroatoms. The van der Waals surface area contributed by atoms with Crippen LogP contribution in [0.1, 0.15) is 33.4 Å². The maximum Gasteiger partial charge on any atom is 0.144 e. The monoisotopic (exact) mass is 736 g/mol. The van der Waals surface area contributed by atoms with Crippen LogP contribution in [0.25, 0.3) is 0 Å². The molecule has 0 N–H and O–H groups in total. The highest BCUT2D eigenvalue weighted by Gasteiger charge is 2.26. The van der Waals surface area contributed by atoms with Gasteiger partial charge in [0.2, 0.25) is 0 Å². The fourth-order valence-electron chi connectivity index (χ4n) is 5.44. The van der Waals surface area contributed by atoms with Crippen molar-refractivity contribution >= 4 is 52.2 Å². The van der Waals surface area contributed by atoms with E-state index in [1.54, 1.807) is 99.6 Å². The molecular weight excluding hydrogens is 717 g/mol. The average molecular weight is 737 g/mol. The van der Waals surface area contributed by atoms with Crippen LogP contribution in [-0.4, -0.2) is 34.9 Å². The predicted molar refractivity (Wildman–Crippen MR) is 203 cm³/mol. The second-order valence-corrected chi connectivity index (χ2v) is 11.6. The third kappa shape index (κ3) is 7.50. The second kappa shape index (κ2) is 16.0. The Morgan fingerprint density at radius 2 is 0.526 bits per heavy atom. The number of hydrogen-bond donors (Lipinski definition) is 0. The first-order valence-electron chi connectivity index (χ1n) is 16.5. The number of aromatic nitrogens is 7.